The average Bonchev–Trinajstić information content (AvgIpc) is 2.93. The molecule has 1 amide bonds. The standard InChI is InChI=1S/C21H31N5O2/c1-16-20(17(2)24(3)23-16)14-25-10-6-8-19(13-25)26(21(27)15-28-4)12-18-7-5-9-22-11-18/h5,7,9,11,19H,6,8,10,12-15H2,1-4H3. The van der Waals surface area contributed by atoms with Crippen LogP contribution in [0.4, 0.5) is 0 Å². The molecule has 3 heterocycles. The molecule has 0 N–H and O–H groups in total. The van der Waals surface area contributed by atoms with Crippen LogP contribution in [0, 0.1) is 13.8 Å². The fraction of sp³-hybridized carbons (Fsp3) is 0.571. The summed E-state index contributed by atoms with van der Waals surface area (Å²) in [7, 11) is 3.56. The van der Waals surface area contributed by atoms with Crippen LogP contribution in [0.15, 0.2) is 24.5 Å². The lowest BCUT2D eigenvalue weighted by molar-refractivity contribution is -0.139. The molecule has 1 unspecified atom stereocenters. The summed E-state index contributed by atoms with van der Waals surface area (Å²) in [6.45, 7) is 7.65. The Morgan fingerprint density at radius 3 is 2.86 bits per heavy atom. The summed E-state index contributed by atoms with van der Waals surface area (Å²) in [4.78, 5) is 21.4. The first-order chi connectivity index (χ1) is 13.5. The molecule has 1 fully saturated rings. The lowest BCUT2D eigenvalue weighted by Gasteiger charge is -2.39. The molecule has 2 aromatic heterocycles. The van der Waals surface area contributed by atoms with Crippen LogP contribution in [0.5, 0.6) is 0 Å². The summed E-state index contributed by atoms with van der Waals surface area (Å²) in [5.74, 6) is 0.0342. The predicted molar refractivity (Wildman–Crippen MR) is 108 cm³/mol. The Balaban J connectivity index is 1.73. The topological polar surface area (TPSA) is 63.5 Å². The first kappa shape index (κ1) is 20.5. The van der Waals surface area contributed by atoms with Crippen LogP contribution < -0.4 is 0 Å². The number of aromatic nitrogens is 3. The molecule has 0 spiro atoms. The molecule has 7 heteroatoms. The Morgan fingerprint density at radius 2 is 2.21 bits per heavy atom. The van der Waals surface area contributed by atoms with Crippen LogP contribution in [-0.2, 0) is 29.7 Å². The molecule has 1 saturated heterocycles. The van der Waals surface area contributed by atoms with Gasteiger partial charge in [0.25, 0.3) is 0 Å². The van der Waals surface area contributed by atoms with E-state index >= 15 is 0 Å². The van der Waals surface area contributed by atoms with Gasteiger partial charge in [0.2, 0.25) is 5.91 Å². The van der Waals surface area contributed by atoms with Gasteiger partial charge in [-0.05, 0) is 44.9 Å². The molecule has 0 saturated carbocycles. The van der Waals surface area contributed by atoms with Crippen LogP contribution in [-0.4, -0.2) is 63.3 Å². The smallest absolute Gasteiger partial charge is 0.249 e. The lowest BCUT2D eigenvalue weighted by Crippen LogP contribution is -2.50. The maximum absolute atomic E-state index is 12.8. The second-order valence-electron chi connectivity index (χ2n) is 7.62. The van der Waals surface area contributed by atoms with Gasteiger partial charge < -0.3 is 9.64 Å². The Bertz CT molecular complexity index is 790. The molecule has 1 aliphatic rings. The molecule has 28 heavy (non-hydrogen) atoms. The normalized spacial score (nSPS) is 17.6. The summed E-state index contributed by atoms with van der Waals surface area (Å²) in [5.41, 5.74) is 4.64. The van der Waals surface area contributed by atoms with Crippen molar-refractivity contribution in [2.75, 3.05) is 26.8 Å². The third kappa shape index (κ3) is 4.77. The van der Waals surface area contributed by atoms with E-state index in [1.54, 1.807) is 13.3 Å². The molecule has 2 aromatic rings. The zero-order valence-corrected chi connectivity index (χ0v) is 17.4. The van der Waals surface area contributed by atoms with Crippen LogP contribution in [0.3, 0.4) is 0 Å². The number of carbonyl (C=O) groups is 1. The Kier molecular flexibility index (Phi) is 6.80. The van der Waals surface area contributed by atoms with E-state index in [9.17, 15) is 4.79 Å². The summed E-state index contributed by atoms with van der Waals surface area (Å²) in [5, 5.41) is 4.54. The highest BCUT2D eigenvalue weighted by molar-refractivity contribution is 5.77. The zero-order chi connectivity index (χ0) is 20.1. The molecule has 0 aliphatic carbocycles. The lowest BCUT2D eigenvalue weighted by atomic mass is 10.0. The number of hydrogen-bond donors (Lipinski definition) is 0. The number of nitrogens with zero attached hydrogens (tertiary/aromatic N) is 5. The fourth-order valence-electron chi connectivity index (χ4n) is 4.01. The molecule has 152 valence electrons. The van der Waals surface area contributed by atoms with E-state index in [1.165, 1.54) is 11.3 Å². The summed E-state index contributed by atoms with van der Waals surface area (Å²) in [6.07, 6.45) is 5.67. The second-order valence-corrected chi connectivity index (χ2v) is 7.62. The van der Waals surface area contributed by atoms with Crippen LogP contribution in [0.1, 0.15) is 35.4 Å². The number of methoxy groups -OCH3 is 1. The number of piperidine rings is 1. The molecule has 0 radical (unpaired) electrons. The highest BCUT2D eigenvalue weighted by Gasteiger charge is 2.29. The summed E-state index contributed by atoms with van der Waals surface area (Å²) in [6, 6.07) is 4.10. The predicted octanol–water partition coefficient (Wildman–Crippen LogP) is 2.07. The van der Waals surface area contributed by atoms with Crippen molar-refractivity contribution in [3.8, 4) is 0 Å². The van der Waals surface area contributed by atoms with Gasteiger partial charge in [0.05, 0.1) is 5.69 Å². The molecule has 1 aliphatic heterocycles. The van der Waals surface area contributed by atoms with E-state index < -0.39 is 0 Å². The highest BCUT2D eigenvalue weighted by atomic mass is 16.5. The van der Waals surface area contributed by atoms with E-state index in [4.69, 9.17) is 4.74 Å². The van der Waals surface area contributed by atoms with Crippen molar-refractivity contribution in [1.29, 1.82) is 0 Å². The maximum Gasteiger partial charge on any atom is 0.249 e. The minimum atomic E-state index is 0.0342. The molecule has 0 bridgehead atoms. The van der Waals surface area contributed by atoms with Crippen molar-refractivity contribution in [1.82, 2.24) is 24.6 Å². The summed E-state index contributed by atoms with van der Waals surface area (Å²) >= 11 is 0. The summed E-state index contributed by atoms with van der Waals surface area (Å²) < 4.78 is 7.09. The highest BCUT2D eigenvalue weighted by Crippen LogP contribution is 2.22. The third-order valence-electron chi connectivity index (χ3n) is 5.63. The van der Waals surface area contributed by atoms with E-state index in [2.05, 4.69) is 28.8 Å². The van der Waals surface area contributed by atoms with Gasteiger partial charge in [-0.3, -0.25) is 19.4 Å². The van der Waals surface area contributed by atoms with Crippen molar-refractivity contribution in [3.63, 3.8) is 0 Å². The van der Waals surface area contributed by atoms with Crippen LogP contribution >= 0.6 is 0 Å². The quantitative estimate of drug-likeness (QED) is 0.730. The molecule has 7 nitrogen and oxygen atoms in total. The zero-order valence-electron chi connectivity index (χ0n) is 17.4. The van der Waals surface area contributed by atoms with E-state index in [1.807, 2.05) is 35.0 Å². The molecule has 1 atom stereocenters. The van der Waals surface area contributed by atoms with Gasteiger partial charge in [-0.25, -0.2) is 0 Å². The van der Waals surface area contributed by atoms with Gasteiger partial charge >= 0.3 is 0 Å². The number of likely N-dealkylation sites (tertiary alicyclic amines) is 1. The van der Waals surface area contributed by atoms with Gasteiger partial charge in [0.15, 0.2) is 0 Å². The Morgan fingerprint density at radius 1 is 1.39 bits per heavy atom. The van der Waals surface area contributed by atoms with Crippen LogP contribution in [0.2, 0.25) is 0 Å². The van der Waals surface area contributed by atoms with Crippen molar-refractivity contribution in [3.05, 3.63) is 47.0 Å². The molecule has 3 rings (SSSR count). The van der Waals surface area contributed by atoms with Crippen molar-refractivity contribution in [2.45, 2.75) is 45.8 Å². The number of amides is 1. The van der Waals surface area contributed by atoms with E-state index in [0.717, 1.165) is 43.7 Å². The largest absolute Gasteiger partial charge is 0.375 e. The Hall–Kier alpha value is -2.25. The minimum Gasteiger partial charge on any atom is -0.375 e. The maximum atomic E-state index is 12.8. The number of carbonyl (C=O) groups excluding carboxylic acids is 1. The number of rotatable bonds is 7. The first-order valence-corrected chi connectivity index (χ1v) is 9.88. The second kappa shape index (κ2) is 9.30. The van der Waals surface area contributed by atoms with Gasteiger partial charge in [0, 0.05) is 63.5 Å². The van der Waals surface area contributed by atoms with E-state index in [-0.39, 0.29) is 18.6 Å². The van der Waals surface area contributed by atoms with Gasteiger partial charge in [-0.2, -0.15) is 5.10 Å². The number of pyridine rings is 1. The first-order valence-electron chi connectivity index (χ1n) is 9.88. The minimum absolute atomic E-state index is 0.0342. The number of ether oxygens (including phenoxy) is 1. The Labute approximate surface area is 167 Å². The van der Waals surface area contributed by atoms with Gasteiger partial charge in [-0.1, -0.05) is 6.07 Å². The van der Waals surface area contributed by atoms with E-state index in [0.29, 0.717) is 6.54 Å². The third-order valence-corrected chi connectivity index (χ3v) is 5.63. The fourth-order valence-corrected chi connectivity index (χ4v) is 4.01. The average molecular weight is 386 g/mol. The number of aryl methyl sites for hydroxylation is 2. The van der Waals surface area contributed by atoms with Crippen molar-refractivity contribution >= 4 is 5.91 Å². The van der Waals surface area contributed by atoms with Gasteiger partial charge in [-0.15, -0.1) is 0 Å². The SMILES string of the molecule is COCC(=O)N(Cc1cccnc1)C1CCCN(Cc2c(C)nn(C)c2C)C1. The number of hydrogen-bond acceptors (Lipinski definition) is 5. The van der Waals surface area contributed by atoms with Crippen LogP contribution in [0.25, 0.3) is 0 Å². The van der Waals surface area contributed by atoms with Gasteiger partial charge in [0.1, 0.15) is 6.61 Å². The van der Waals surface area contributed by atoms with Crippen molar-refractivity contribution in [2.24, 2.45) is 7.05 Å². The van der Waals surface area contributed by atoms with Crippen molar-refractivity contribution < 1.29 is 9.53 Å². The molecular formula is C21H31N5O2. The monoisotopic (exact) mass is 385 g/mol. The molecular weight excluding hydrogens is 354 g/mol. The molecule has 0 aromatic carbocycles.